The van der Waals surface area contributed by atoms with Crippen molar-refractivity contribution in [1.82, 2.24) is 0 Å². The van der Waals surface area contributed by atoms with Crippen LogP contribution in [0.3, 0.4) is 0 Å². The van der Waals surface area contributed by atoms with Gasteiger partial charge in [-0.25, -0.2) is 0 Å². The molecule has 2 heteroatoms. The Morgan fingerprint density at radius 3 is 3.08 bits per heavy atom. The highest BCUT2D eigenvalue weighted by atomic mass is 16.8. The molecule has 1 saturated heterocycles. The molecular weight excluding hydrogens is 164 g/mol. The summed E-state index contributed by atoms with van der Waals surface area (Å²) in [5.74, 6) is 0.329. The molecule has 0 aromatic rings. The lowest BCUT2D eigenvalue weighted by molar-refractivity contribution is -0.152. The van der Waals surface area contributed by atoms with Gasteiger partial charge in [0.2, 0.25) is 0 Å². The van der Waals surface area contributed by atoms with Crippen LogP contribution < -0.4 is 0 Å². The molecule has 72 valence electrons. The molecule has 2 fully saturated rings. The molecule has 0 amide bonds. The average Bonchev–Trinajstić information content (AvgIpc) is 2.58. The van der Waals surface area contributed by atoms with E-state index in [9.17, 15) is 0 Å². The summed E-state index contributed by atoms with van der Waals surface area (Å²) in [7, 11) is 0. The predicted octanol–water partition coefficient (Wildman–Crippen LogP) is 2.25. The standard InChI is InChI=1S/C11H16O2/c1-11(2)12-9-6-7-4-3-5-8(7)10(9)13-11/h4,8-10H,3,5-6H2,1-2H3/t8-,9-,10+/m1/s1. The van der Waals surface area contributed by atoms with Gasteiger partial charge in [0, 0.05) is 5.92 Å². The third-order valence-electron chi connectivity index (χ3n) is 3.42. The van der Waals surface area contributed by atoms with E-state index in [0.29, 0.717) is 18.1 Å². The Morgan fingerprint density at radius 2 is 2.23 bits per heavy atom. The third-order valence-corrected chi connectivity index (χ3v) is 3.42. The molecule has 1 heterocycles. The Morgan fingerprint density at radius 1 is 1.38 bits per heavy atom. The third kappa shape index (κ3) is 1.09. The van der Waals surface area contributed by atoms with Crippen LogP contribution in [-0.2, 0) is 9.47 Å². The zero-order valence-corrected chi connectivity index (χ0v) is 8.25. The van der Waals surface area contributed by atoms with Crippen molar-refractivity contribution in [2.75, 3.05) is 0 Å². The van der Waals surface area contributed by atoms with Gasteiger partial charge >= 0.3 is 0 Å². The molecule has 0 unspecified atom stereocenters. The smallest absolute Gasteiger partial charge is 0.163 e. The molecule has 0 bridgehead atoms. The zero-order valence-electron chi connectivity index (χ0n) is 8.25. The molecule has 3 rings (SSSR count). The minimum Gasteiger partial charge on any atom is -0.344 e. The number of hydrogen-bond acceptors (Lipinski definition) is 2. The fourth-order valence-electron chi connectivity index (χ4n) is 2.99. The van der Waals surface area contributed by atoms with Gasteiger partial charge in [0.15, 0.2) is 5.79 Å². The first-order chi connectivity index (χ1) is 6.16. The van der Waals surface area contributed by atoms with Crippen molar-refractivity contribution in [2.45, 2.75) is 51.1 Å². The van der Waals surface area contributed by atoms with Crippen molar-refractivity contribution < 1.29 is 9.47 Å². The highest BCUT2D eigenvalue weighted by Gasteiger charge is 2.51. The predicted molar refractivity (Wildman–Crippen MR) is 49.2 cm³/mol. The molecule has 0 aromatic carbocycles. The second kappa shape index (κ2) is 2.37. The van der Waals surface area contributed by atoms with Crippen LogP contribution in [0.4, 0.5) is 0 Å². The highest BCUT2D eigenvalue weighted by molar-refractivity contribution is 5.23. The van der Waals surface area contributed by atoms with E-state index in [1.54, 1.807) is 5.57 Å². The van der Waals surface area contributed by atoms with Crippen LogP contribution >= 0.6 is 0 Å². The summed E-state index contributed by atoms with van der Waals surface area (Å²) in [4.78, 5) is 0. The molecule has 2 aliphatic carbocycles. The first-order valence-electron chi connectivity index (χ1n) is 5.20. The summed E-state index contributed by atoms with van der Waals surface area (Å²) in [6.45, 7) is 4.04. The van der Waals surface area contributed by atoms with Gasteiger partial charge in [-0.3, -0.25) is 0 Å². The molecule has 13 heavy (non-hydrogen) atoms. The van der Waals surface area contributed by atoms with E-state index in [1.807, 2.05) is 13.8 Å². The topological polar surface area (TPSA) is 18.5 Å². The molecule has 0 radical (unpaired) electrons. The highest BCUT2D eigenvalue weighted by Crippen LogP contribution is 2.48. The molecule has 1 saturated carbocycles. The maximum atomic E-state index is 5.92. The Bertz CT molecular complexity index is 267. The van der Waals surface area contributed by atoms with Crippen LogP contribution in [-0.4, -0.2) is 18.0 Å². The van der Waals surface area contributed by atoms with Crippen molar-refractivity contribution >= 4 is 0 Å². The van der Waals surface area contributed by atoms with E-state index in [4.69, 9.17) is 9.47 Å². The summed E-state index contributed by atoms with van der Waals surface area (Å²) in [6.07, 6.45) is 6.69. The second-order valence-electron chi connectivity index (χ2n) is 4.81. The number of fused-ring (bicyclic) bond motifs is 3. The van der Waals surface area contributed by atoms with Gasteiger partial charge in [-0.2, -0.15) is 0 Å². The Hall–Kier alpha value is -0.340. The van der Waals surface area contributed by atoms with Crippen LogP contribution in [0.1, 0.15) is 33.1 Å². The molecule has 0 spiro atoms. The van der Waals surface area contributed by atoms with Gasteiger partial charge in [0.1, 0.15) is 0 Å². The summed E-state index contributed by atoms with van der Waals surface area (Å²) < 4.78 is 11.8. The van der Waals surface area contributed by atoms with E-state index in [1.165, 1.54) is 12.8 Å². The van der Waals surface area contributed by atoms with Crippen LogP contribution in [0.15, 0.2) is 11.6 Å². The summed E-state index contributed by atoms with van der Waals surface area (Å²) >= 11 is 0. The molecule has 0 aromatic heterocycles. The minimum atomic E-state index is -0.344. The minimum absolute atomic E-state index is 0.339. The van der Waals surface area contributed by atoms with Gasteiger partial charge < -0.3 is 9.47 Å². The van der Waals surface area contributed by atoms with Crippen LogP contribution in [0.5, 0.6) is 0 Å². The largest absolute Gasteiger partial charge is 0.344 e. The fourth-order valence-corrected chi connectivity index (χ4v) is 2.99. The normalized spacial score (nSPS) is 46.0. The van der Waals surface area contributed by atoms with Crippen molar-refractivity contribution in [3.8, 4) is 0 Å². The summed E-state index contributed by atoms with van der Waals surface area (Å²) in [5.41, 5.74) is 1.59. The van der Waals surface area contributed by atoms with Crippen molar-refractivity contribution in [3.05, 3.63) is 11.6 Å². The van der Waals surface area contributed by atoms with E-state index in [0.717, 1.165) is 6.42 Å². The van der Waals surface area contributed by atoms with Gasteiger partial charge in [0.25, 0.3) is 0 Å². The Kier molecular flexibility index (Phi) is 1.46. The maximum absolute atomic E-state index is 5.92. The number of allylic oxidation sites excluding steroid dienone is 1. The van der Waals surface area contributed by atoms with Crippen molar-refractivity contribution in [1.29, 1.82) is 0 Å². The maximum Gasteiger partial charge on any atom is 0.163 e. The lowest BCUT2D eigenvalue weighted by Gasteiger charge is -2.20. The van der Waals surface area contributed by atoms with Crippen molar-refractivity contribution in [3.63, 3.8) is 0 Å². The molecule has 1 aliphatic heterocycles. The summed E-state index contributed by atoms with van der Waals surface area (Å²) in [5, 5.41) is 0. The first kappa shape index (κ1) is 8.01. The molecule has 3 aliphatic rings. The Balaban J connectivity index is 1.86. The number of ether oxygens (including phenoxy) is 2. The zero-order chi connectivity index (χ0) is 9.05. The second-order valence-corrected chi connectivity index (χ2v) is 4.81. The van der Waals surface area contributed by atoms with Gasteiger partial charge in [-0.1, -0.05) is 11.6 Å². The van der Waals surface area contributed by atoms with Gasteiger partial charge in [0.05, 0.1) is 12.2 Å². The monoisotopic (exact) mass is 180 g/mol. The fraction of sp³-hybridized carbons (Fsp3) is 0.818. The lowest BCUT2D eigenvalue weighted by Crippen LogP contribution is -2.24. The van der Waals surface area contributed by atoms with E-state index < -0.39 is 0 Å². The Labute approximate surface area is 78.9 Å². The molecule has 0 N–H and O–H groups in total. The number of hydrogen-bond donors (Lipinski definition) is 0. The first-order valence-corrected chi connectivity index (χ1v) is 5.20. The average molecular weight is 180 g/mol. The van der Waals surface area contributed by atoms with Crippen molar-refractivity contribution in [2.24, 2.45) is 5.92 Å². The van der Waals surface area contributed by atoms with Gasteiger partial charge in [-0.15, -0.1) is 0 Å². The summed E-state index contributed by atoms with van der Waals surface area (Å²) in [6, 6.07) is 0. The van der Waals surface area contributed by atoms with Crippen LogP contribution in [0, 0.1) is 5.92 Å². The van der Waals surface area contributed by atoms with E-state index >= 15 is 0 Å². The SMILES string of the molecule is CC1(C)O[C@H]2[C@@H]3CCC=C3C[C@H]2O1. The molecule has 2 nitrogen and oxygen atoms in total. The quantitative estimate of drug-likeness (QED) is 0.532. The van der Waals surface area contributed by atoms with E-state index in [2.05, 4.69) is 6.08 Å². The van der Waals surface area contributed by atoms with Gasteiger partial charge in [-0.05, 0) is 33.1 Å². The lowest BCUT2D eigenvalue weighted by atomic mass is 10.0. The number of rotatable bonds is 0. The molecular formula is C11H16O2. The van der Waals surface area contributed by atoms with E-state index in [-0.39, 0.29) is 5.79 Å². The molecule has 3 atom stereocenters. The van der Waals surface area contributed by atoms with Crippen LogP contribution in [0.2, 0.25) is 0 Å². The van der Waals surface area contributed by atoms with Crippen LogP contribution in [0.25, 0.3) is 0 Å².